The SMILES string of the molecule is C=C([O-])C(=O)O. The molecule has 0 radical (unpaired) electrons. The molecule has 0 saturated carbocycles. The zero-order valence-electron chi connectivity index (χ0n) is 2.97. The molecule has 0 aromatic heterocycles. The summed E-state index contributed by atoms with van der Waals surface area (Å²) < 4.78 is 0. The molecular weight excluding hydrogens is 84.0 g/mol. The molecule has 3 heteroatoms. The maximum atomic E-state index is 9.43. The predicted molar refractivity (Wildman–Crippen MR) is 16.8 cm³/mol. The largest absolute Gasteiger partial charge is 0.868 e. The molecule has 34 valence electrons. The molecule has 0 aromatic rings. The molecule has 3 nitrogen and oxygen atoms in total. The molecule has 6 heavy (non-hydrogen) atoms. The molecule has 0 aliphatic rings. The first-order valence-corrected chi connectivity index (χ1v) is 1.24. The maximum Gasteiger partial charge on any atom is 0.319 e. The summed E-state index contributed by atoms with van der Waals surface area (Å²) >= 11 is 0. The van der Waals surface area contributed by atoms with Gasteiger partial charge in [0.05, 0.1) is 0 Å². The number of carboxylic acids is 1. The molecule has 0 fully saturated rings. The molecule has 0 rings (SSSR count). The molecule has 0 saturated heterocycles. The first-order valence-electron chi connectivity index (χ1n) is 1.24. The van der Waals surface area contributed by atoms with E-state index in [0.717, 1.165) is 0 Å². The third-order valence-electron chi connectivity index (χ3n) is 0.239. The minimum atomic E-state index is -1.49. The van der Waals surface area contributed by atoms with Crippen molar-refractivity contribution in [2.24, 2.45) is 0 Å². The van der Waals surface area contributed by atoms with E-state index in [0.29, 0.717) is 0 Å². The summed E-state index contributed by atoms with van der Waals surface area (Å²) in [4.78, 5) is 9.29. The van der Waals surface area contributed by atoms with E-state index < -0.39 is 11.7 Å². The molecule has 0 amide bonds. The van der Waals surface area contributed by atoms with Gasteiger partial charge in [-0.1, -0.05) is 6.58 Å². The summed E-state index contributed by atoms with van der Waals surface area (Å²) in [6.07, 6.45) is 0. The van der Waals surface area contributed by atoms with E-state index in [1.165, 1.54) is 0 Å². The van der Waals surface area contributed by atoms with Crippen molar-refractivity contribution in [3.8, 4) is 0 Å². The fourth-order valence-electron chi connectivity index (χ4n) is 0. The Bertz CT molecular complexity index is 72.0. The van der Waals surface area contributed by atoms with Gasteiger partial charge in [0.1, 0.15) is 0 Å². The van der Waals surface area contributed by atoms with E-state index >= 15 is 0 Å². The summed E-state index contributed by atoms with van der Waals surface area (Å²) in [6.45, 7) is 2.60. The lowest BCUT2D eigenvalue weighted by molar-refractivity contribution is -0.301. The predicted octanol–water partition coefficient (Wildman–Crippen LogP) is -1.06. The van der Waals surface area contributed by atoms with Crippen molar-refractivity contribution in [2.75, 3.05) is 0 Å². The van der Waals surface area contributed by atoms with Gasteiger partial charge in [-0.3, -0.25) is 0 Å². The second-order valence-corrected chi connectivity index (χ2v) is 0.728. The number of hydrogen-bond acceptors (Lipinski definition) is 2. The van der Waals surface area contributed by atoms with Crippen molar-refractivity contribution in [2.45, 2.75) is 0 Å². The lowest BCUT2D eigenvalue weighted by Crippen LogP contribution is -2.11. The normalized spacial score (nSPS) is 7.33. The number of carbonyl (C=O) groups is 1. The average Bonchev–Trinajstić information content (AvgIpc) is 1.36. The zero-order chi connectivity index (χ0) is 5.15. The second kappa shape index (κ2) is 1.45. The number of carboxylic acid groups (broad SMARTS) is 1. The van der Waals surface area contributed by atoms with Gasteiger partial charge in [-0.25, -0.2) is 4.79 Å². The molecule has 0 aliphatic heterocycles. The first-order chi connectivity index (χ1) is 2.64. The highest BCUT2D eigenvalue weighted by molar-refractivity contribution is 5.82. The van der Waals surface area contributed by atoms with Crippen molar-refractivity contribution in [3.63, 3.8) is 0 Å². The van der Waals surface area contributed by atoms with Gasteiger partial charge in [-0.2, -0.15) is 0 Å². The van der Waals surface area contributed by atoms with Crippen LogP contribution in [0.2, 0.25) is 0 Å². The van der Waals surface area contributed by atoms with Crippen LogP contribution in [0.3, 0.4) is 0 Å². The third kappa shape index (κ3) is 1.34. The Morgan fingerprint density at radius 3 is 2.00 bits per heavy atom. The van der Waals surface area contributed by atoms with Crippen molar-refractivity contribution in [1.29, 1.82) is 0 Å². The van der Waals surface area contributed by atoms with Crippen molar-refractivity contribution in [1.82, 2.24) is 0 Å². The smallest absolute Gasteiger partial charge is 0.319 e. The Kier molecular flexibility index (Phi) is 1.21. The van der Waals surface area contributed by atoms with E-state index in [1.807, 2.05) is 0 Å². The van der Waals surface area contributed by atoms with Gasteiger partial charge in [0.15, 0.2) is 0 Å². The van der Waals surface area contributed by atoms with E-state index in [1.54, 1.807) is 0 Å². The van der Waals surface area contributed by atoms with Crippen LogP contribution in [0, 0.1) is 0 Å². The van der Waals surface area contributed by atoms with Gasteiger partial charge in [0.2, 0.25) is 0 Å². The van der Waals surface area contributed by atoms with Gasteiger partial charge < -0.3 is 10.2 Å². The molecule has 0 spiro atoms. The van der Waals surface area contributed by atoms with Crippen LogP contribution in [0.1, 0.15) is 0 Å². The van der Waals surface area contributed by atoms with Crippen LogP contribution in [0.15, 0.2) is 12.3 Å². The first kappa shape index (κ1) is 5.01. The van der Waals surface area contributed by atoms with Crippen LogP contribution in [-0.4, -0.2) is 11.1 Å². The van der Waals surface area contributed by atoms with Gasteiger partial charge in [-0.15, -0.1) is 0 Å². The van der Waals surface area contributed by atoms with E-state index in [-0.39, 0.29) is 0 Å². The van der Waals surface area contributed by atoms with Crippen molar-refractivity contribution >= 4 is 5.97 Å². The molecule has 0 aliphatic carbocycles. The highest BCUT2D eigenvalue weighted by Gasteiger charge is 1.82. The topological polar surface area (TPSA) is 60.4 Å². The van der Waals surface area contributed by atoms with Crippen LogP contribution < -0.4 is 5.11 Å². The monoisotopic (exact) mass is 87.0 g/mol. The van der Waals surface area contributed by atoms with Crippen LogP contribution >= 0.6 is 0 Å². The van der Waals surface area contributed by atoms with Gasteiger partial charge in [-0.05, 0) is 5.76 Å². The number of hydrogen-bond donors (Lipinski definition) is 1. The molecule has 0 unspecified atom stereocenters. The zero-order valence-corrected chi connectivity index (χ0v) is 2.97. The lowest BCUT2D eigenvalue weighted by atomic mass is 10.6. The number of aliphatic carboxylic acids is 1. The molecule has 0 aromatic carbocycles. The average molecular weight is 87.1 g/mol. The summed E-state index contributed by atoms with van der Waals surface area (Å²) in [7, 11) is 0. The van der Waals surface area contributed by atoms with Gasteiger partial charge in [0.25, 0.3) is 0 Å². The number of rotatable bonds is 1. The second-order valence-electron chi connectivity index (χ2n) is 0.728. The minimum Gasteiger partial charge on any atom is -0.868 e. The Hall–Kier alpha value is -0.990. The van der Waals surface area contributed by atoms with Gasteiger partial charge >= 0.3 is 5.97 Å². The van der Waals surface area contributed by atoms with Crippen LogP contribution in [0.4, 0.5) is 0 Å². The molecule has 0 heterocycles. The highest BCUT2D eigenvalue weighted by atomic mass is 16.4. The van der Waals surface area contributed by atoms with Gasteiger partial charge in [0, 0.05) is 0 Å². The summed E-state index contributed by atoms with van der Waals surface area (Å²) in [6, 6.07) is 0. The van der Waals surface area contributed by atoms with Crippen molar-refractivity contribution < 1.29 is 15.0 Å². The Morgan fingerprint density at radius 2 is 2.00 bits per heavy atom. The third-order valence-corrected chi connectivity index (χ3v) is 0.239. The Labute approximate surface area is 34.5 Å². The fraction of sp³-hybridized carbons (Fsp3) is 0. The molecule has 1 N–H and O–H groups in total. The molecular formula is C3H3O3-. The van der Waals surface area contributed by atoms with E-state index in [2.05, 4.69) is 6.58 Å². The minimum absolute atomic E-state index is 1.07. The standard InChI is InChI=1S/C3H4O3/c1-2(4)3(5)6/h4H,1H2,(H,5,6)/p-1. The molecule has 0 bridgehead atoms. The van der Waals surface area contributed by atoms with Crippen LogP contribution in [0.25, 0.3) is 0 Å². The summed E-state index contributed by atoms with van der Waals surface area (Å²) in [5, 5.41) is 17.0. The fourth-order valence-corrected chi connectivity index (χ4v) is 0. The van der Waals surface area contributed by atoms with Crippen molar-refractivity contribution in [3.05, 3.63) is 12.3 Å². The van der Waals surface area contributed by atoms with Crippen LogP contribution in [0.5, 0.6) is 0 Å². The quantitative estimate of drug-likeness (QED) is 0.327. The summed E-state index contributed by atoms with van der Waals surface area (Å²) in [5.74, 6) is -2.56. The Balaban J connectivity index is 3.57. The highest BCUT2D eigenvalue weighted by Crippen LogP contribution is 1.68. The van der Waals surface area contributed by atoms with E-state index in [4.69, 9.17) is 5.11 Å². The maximum absolute atomic E-state index is 9.43. The van der Waals surface area contributed by atoms with E-state index in [9.17, 15) is 9.90 Å². The Morgan fingerprint density at radius 1 is 1.83 bits per heavy atom. The summed E-state index contributed by atoms with van der Waals surface area (Å²) in [5.41, 5.74) is 0. The molecule has 0 atom stereocenters. The lowest BCUT2D eigenvalue weighted by Gasteiger charge is -1.96. The van der Waals surface area contributed by atoms with Crippen LogP contribution in [-0.2, 0) is 4.79 Å².